The predicted molar refractivity (Wildman–Crippen MR) is 137 cm³/mol. The van der Waals surface area contributed by atoms with Crippen LogP contribution in [0.4, 0.5) is 11.4 Å². The maximum atomic E-state index is 12.1. The Labute approximate surface area is 211 Å². The molecule has 0 saturated heterocycles. The van der Waals surface area contributed by atoms with Crippen molar-refractivity contribution in [2.75, 3.05) is 12.5 Å². The van der Waals surface area contributed by atoms with E-state index in [0.717, 1.165) is 0 Å². The molecule has 2 atom stereocenters. The number of benzene rings is 1. The Morgan fingerprint density at radius 1 is 1.14 bits per heavy atom. The number of nitrogens with zero attached hydrogens (tertiary/aromatic N) is 6. The van der Waals surface area contributed by atoms with E-state index in [0.29, 0.717) is 38.8 Å². The third-order valence-corrected chi connectivity index (χ3v) is 6.06. The standard InChI is InChI=1S/C22H22Cl2N10O/c1-11-12(2)34-17(10-27-11)30-33-21(34)16-8-7-13(9-28-16)29-20(18(25)22(35)26-3)32-31-19-14(23)5-4-6-15(19)24/h4-12,25,31H,1-3H3,(H,26,35)(H,29,32). The highest BCUT2D eigenvalue weighted by Crippen LogP contribution is 2.29. The molecule has 4 N–H and O–H groups in total. The number of halogens is 2. The van der Waals surface area contributed by atoms with Crippen LogP contribution in [-0.2, 0) is 4.79 Å². The quantitative estimate of drug-likeness (QED) is 0.226. The summed E-state index contributed by atoms with van der Waals surface area (Å²) in [7, 11) is 1.43. The zero-order valence-electron chi connectivity index (χ0n) is 19.0. The van der Waals surface area contributed by atoms with Gasteiger partial charge < -0.3 is 5.32 Å². The van der Waals surface area contributed by atoms with Crippen LogP contribution >= 0.6 is 23.2 Å². The van der Waals surface area contributed by atoms with Gasteiger partial charge in [0.2, 0.25) is 0 Å². The predicted octanol–water partition coefficient (Wildman–Crippen LogP) is 3.44. The second-order valence-electron chi connectivity index (χ2n) is 7.67. The lowest BCUT2D eigenvalue weighted by Gasteiger charge is -2.23. The molecule has 0 saturated carbocycles. The van der Waals surface area contributed by atoms with Gasteiger partial charge >= 0.3 is 0 Å². The number of carbonyl (C=O) groups excluding carboxylic acids is 1. The van der Waals surface area contributed by atoms with Crippen molar-refractivity contribution in [3.8, 4) is 11.5 Å². The molecule has 4 rings (SSSR count). The number of hydrazine groups is 1. The average molecular weight is 513 g/mol. The topological polar surface area (TPSA) is 145 Å². The van der Waals surface area contributed by atoms with Gasteiger partial charge in [0.25, 0.3) is 5.91 Å². The number of pyridine rings is 1. The minimum atomic E-state index is -0.632. The Morgan fingerprint density at radius 3 is 2.54 bits per heavy atom. The summed E-state index contributed by atoms with van der Waals surface area (Å²) >= 11 is 12.4. The summed E-state index contributed by atoms with van der Waals surface area (Å²) in [6.45, 7) is 4.08. The summed E-state index contributed by atoms with van der Waals surface area (Å²) in [5.74, 6) is 0.595. The molecule has 1 aromatic carbocycles. The number of nitrogens with one attached hydrogen (secondary N) is 4. The van der Waals surface area contributed by atoms with Crippen LogP contribution in [0.3, 0.4) is 0 Å². The zero-order valence-corrected chi connectivity index (χ0v) is 20.6. The number of amidine groups is 1. The van der Waals surface area contributed by atoms with Gasteiger partial charge in [-0.1, -0.05) is 29.3 Å². The molecule has 1 aliphatic rings. The number of aliphatic imine (C=N–C) groups is 2. The highest BCUT2D eigenvalue weighted by molar-refractivity contribution is 6.65. The van der Waals surface area contributed by atoms with E-state index in [-0.39, 0.29) is 17.9 Å². The number of carbonyl (C=O) groups is 1. The highest BCUT2D eigenvalue weighted by Gasteiger charge is 2.25. The normalized spacial score (nSPS) is 17.0. The number of fused-ring (bicyclic) bond motifs is 1. The van der Waals surface area contributed by atoms with Gasteiger partial charge in [0.05, 0.1) is 45.9 Å². The van der Waals surface area contributed by atoms with E-state index in [1.54, 1.807) is 36.5 Å². The molecule has 1 amide bonds. The van der Waals surface area contributed by atoms with E-state index >= 15 is 0 Å². The molecule has 35 heavy (non-hydrogen) atoms. The first-order chi connectivity index (χ1) is 16.8. The van der Waals surface area contributed by atoms with Crippen molar-refractivity contribution < 1.29 is 4.79 Å². The number of anilines is 1. The second kappa shape index (κ2) is 10.2. The molecule has 3 heterocycles. The molecular weight excluding hydrogens is 491 g/mol. The van der Waals surface area contributed by atoms with Gasteiger partial charge in [-0.15, -0.1) is 10.2 Å². The molecule has 13 heteroatoms. The van der Waals surface area contributed by atoms with Crippen LogP contribution < -0.4 is 16.2 Å². The maximum absolute atomic E-state index is 12.1. The maximum Gasteiger partial charge on any atom is 0.272 e. The average Bonchev–Trinajstić information content (AvgIpc) is 3.29. The molecule has 0 fully saturated rings. The van der Waals surface area contributed by atoms with Crippen LogP contribution in [0.15, 0.2) is 46.5 Å². The van der Waals surface area contributed by atoms with Crippen LogP contribution in [0.25, 0.3) is 11.5 Å². The first-order valence-electron chi connectivity index (χ1n) is 10.6. The largest absolute Gasteiger partial charge is 0.354 e. The van der Waals surface area contributed by atoms with Crippen molar-refractivity contribution in [3.05, 3.63) is 52.4 Å². The lowest BCUT2D eigenvalue weighted by Crippen LogP contribution is -2.42. The van der Waals surface area contributed by atoms with E-state index < -0.39 is 11.6 Å². The van der Waals surface area contributed by atoms with Gasteiger partial charge in [-0.3, -0.25) is 35.6 Å². The van der Waals surface area contributed by atoms with Crippen LogP contribution in [0.5, 0.6) is 0 Å². The lowest BCUT2D eigenvalue weighted by molar-refractivity contribution is -0.114. The molecular formula is C22H22Cl2N10O. The smallest absolute Gasteiger partial charge is 0.272 e. The fourth-order valence-corrected chi connectivity index (χ4v) is 3.82. The van der Waals surface area contributed by atoms with Crippen LogP contribution in [0.2, 0.25) is 10.0 Å². The molecule has 2 unspecified atom stereocenters. The Morgan fingerprint density at radius 2 is 1.89 bits per heavy atom. The highest BCUT2D eigenvalue weighted by atomic mass is 35.5. The summed E-state index contributed by atoms with van der Waals surface area (Å²) in [4.78, 5) is 25.4. The summed E-state index contributed by atoms with van der Waals surface area (Å²) < 4.78 is 1.99. The Bertz CT molecular complexity index is 1310. The number of aromatic nitrogens is 4. The molecule has 2 aromatic heterocycles. The Kier molecular flexibility index (Phi) is 7.08. The molecule has 3 aromatic rings. The molecule has 180 valence electrons. The fourth-order valence-electron chi connectivity index (χ4n) is 3.32. The van der Waals surface area contributed by atoms with Crippen molar-refractivity contribution in [1.82, 2.24) is 30.5 Å². The number of hydrogen-bond donors (Lipinski definition) is 4. The van der Waals surface area contributed by atoms with Gasteiger partial charge in [-0.25, -0.2) is 4.99 Å². The summed E-state index contributed by atoms with van der Waals surface area (Å²) in [5, 5.41) is 19.8. The minimum absolute atomic E-state index is 0.0617. The van der Waals surface area contributed by atoms with Crippen molar-refractivity contribution in [1.29, 1.82) is 5.41 Å². The first-order valence-corrected chi connectivity index (χ1v) is 11.4. The molecule has 0 bridgehead atoms. The van der Waals surface area contributed by atoms with Crippen LogP contribution in [-0.4, -0.2) is 56.5 Å². The third-order valence-electron chi connectivity index (χ3n) is 5.43. The van der Waals surface area contributed by atoms with Gasteiger partial charge in [0.1, 0.15) is 5.69 Å². The summed E-state index contributed by atoms with van der Waals surface area (Å²) in [6.07, 6.45) is 3.23. The van der Waals surface area contributed by atoms with E-state index in [1.165, 1.54) is 13.2 Å². The van der Waals surface area contributed by atoms with E-state index in [9.17, 15) is 4.79 Å². The number of hydrogen-bond acceptors (Lipinski definition) is 8. The molecule has 0 aliphatic carbocycles. The van der Waals surface area contributed by atoms with Gasteiger partial charge in [-0.2, -0.15) is 0 Å². The third kappa shape index (κ3) is 5.00. The molecule has 1 aliphatic heterocycles. The van der Waals surface area contributed by atoms with E-state index in [2.05, 4.69) is 48.3 Å². The van der Waals surface area contributed by atoms with Gasteiger partial charge in [0, 0.05) is 7.05 Å². The molecule has 0 radical (unpaired) electrons. The number of amides is 1. The van der Waals surface area contributed by atoms with Gasteiger partial charge in [-0.05, 0) is 38.1 Å². The van der Waals surface area contributed by atoms with Crippen molar-refractivity contribution in [2.45, 2.75) is 25.9 Å². The lowest BCUT2D eigenvalue weighted by atomic mass is 10.1. The Balaban J connectivity index is 1.62. The van der Waals surface area contributed by atoms with E-state index in [4.69, 9.17) is 28.6 Å². The van der Waals surface area contributed by atoms with Gasteiger partial charge in [0.15, 0.2) is 23.2 Å². The fraction of sp³-hybridized carbons (Fsp3) is 0.227. The number of rotatable bonds is 6. The molecule has 11 nitrogen and oxygen atoms in total. The minimum Gasteiger partial charge on any atom is -0.354 e. The van der Waals surface area contributed by atoms with Crippen molar-refractivity contribution in [3.63, 3.8) is 0 Å². The monoisotopic (exact) mass is 512 g/mol. The summed E-state index contributed by atoms with van der Waals surface area (Å²) in [5.41, 5.74) is 6.55. The van der Waals surface area contributed by atoms with Crippen molar-refractivity contribution in [2.24, 2.45) is 9.98 Å². The summed E-state index contributed by atoms with van der Waals surface area (Å²) in [6, 6.07) is 8.62. The Hall–Kier alpha value is -3.83. The zero-order chi connectivity index (χ0) is 25.1. The molecule has 0 spiro atoms. The van der Waals surface area contributed by atoms with Crippen LogP contribution in [0.1, 0.15) is 25.7 Å². The SMILES string of the molecule is CNC(=O)C(=N)C(=Nc1ccc(-c2nnc3n2C(C)C(C)N=C3)nc1)NNc1c(Cl)cccc1Cl. The second-order valence-corrected chi connectivity index (χ2v) is 8.49. The van der Waals surface area contributed by atoms with Crippen molar-refractivity contribution >= 4 is 58.2 Å². The number of para-hydroxylation sites is 1. The van der Waals surface area contributed by atoms with Crippen LogP contribution in [0, 0.1) is 5.41 Å². The van der Waals surface area contributed by atoms with E-state index in [1.807, 2.05) is 11.5 Å². The first kappa shape index (κ1) is 24.3.